The van der Waals surface area contributed by atoms with Crippen LogP contribution in [0.3, 0.4) is 0 Å². The van der Waals surface area contributed by atoms with Crippen molar-refractivity contribution in [3.8, 4) is 0 Å². The van der Waals surface area contributed by atoms with Crippen LogP contribution in [0.15, 0.2) is 24.3 Å². The van der Waals surface area contributed by atoms with Crippen molar-refractivity contribution < 1.29 is 17.9 Å². The Morgan fingerprint density at radius 1 is 1.12 bits per heavy atom. The van der Waals surface area contributed by atoms with Crippen molar-refractivity contribution in [1.82, 2.24) is 4.90 Å². The highest BCUT2D eigenvalue weighted by atomic mass is 32.2. The van der Waals surface area contributed by atoms with E-state index in [0.717, 1.165) is 25.9 Å². The van der Waals surface area contributed by atoms with Crippen molar-refractivity contribution >= 4 is 15.7 Å². The maximum Gasteiger partial charge on any atom is 0.253 e. The third kappa shape index (κ3) is 4.16. The van der Waals surface area contributed by atoms with Gasteiger partial charge in [0.2, 0.25) is 0 Å². The zero-order valence-corrected chi connectivity index (χ0v) is 14.8. The van der Waals surface area contributed by atoms with E-state index in [4.69, 9.17) is 4.74 Å². The summed E-state index contributed by atoms with van der Waals surface area (Å²) in [6.45, 7) is 2.61. The quantitative estimate of drug-likeness (QED) is 0.836. The van der Waals surface area contributed by atoms with Gasteiger partial charge in [-0.3, -0.25) is 4.79 Å². The molecule has 1 aromatic rings. The van der Waals surface area contributed by atoms with Gasteiger partial charge in [0.15, 0.2) is 9.84 Å². The molecule has 2 aliphatic rings. The summed E-state index contributed by atoms with van der Waals surface area (Å²) in [4.78, 5) is 14.4. The molecule has 0 unspecified atom stereocenters. The van der Waals surface area contributed by atoms with Crippen molar-refractivity contribution in [2.75, 3.05) is 26.3 Å². The van der Waals surface area contributed by atoms with Gasteiger partial charge in [-0.25, -0.2) is 8.42 Å². The number of benzene rings is 1. The minimum atomic E-state index is -3.21. The van der Waals surface area contributed by atoms with Gasteiger partial charge in [-0.15, -0.1) is 0 Å². The number of hydrogen-bond donors (Lipinski definition) is 0. The lowest BCUT2D eigenvalue weighted by Crippen LogP contribution is -2.35. The Hall–Kier alpha value is -1.40. The Labute approximate surface area is 143 Å². The van der Waals surface area contributed by atoms with E-state index in [2.05, 4.69) is 0 Å². The highest BCUT2D eigenvalue weighted by molar-refractivity contribution is 7.91. The molecule has 0 spiro atoms. The first-order valence-corrected chi connectivity index (χ1v) is 10.5. The summed E-state index contributed by atoms with van der Waals surface area (Å²) in [5.74, 6) is 0.0127. The smallest absolute Gasteiger partial charge is 0.253 e. The van der Waals surface area contributed by atoms with Crippen molar-refractivity contribution in [1.29, 1.82) is 0 Å². The van der Waals surface area contributed by atoms with E-state index < -0.39 is 9.84 Å². The number of ether oxygens (including phenoxy) is 1. The largest absolute Gasteiger partial charge is 0.381 e. The Bertz CT molecular complexity index is 674. The average Bonchev–Trinajstić information content (AvgIpc) is 2.62. The lowest BCUT2D eigenvalue weighted by Gasteiger charge is -2.27. The van der Waals surface area contributed by atoms with E-state index in [1.54, 1.807) is 24.3 Å². The van der Waals surface area contributed by atoms with Crippen molar-refractivity contribution in [3.05, 3.63) is 35.4 Å². The molecule has 6 heteroatoms. The van der Waals surface area contributed by atoms with Gasteiger partial charge >= 0.3 is 0 Å². The number of piperidine rings is 1. The average molecular weight is 351 g/mol. The fourth-order valence-electron chi connectivity index (χ4n) is 3.46. The summed E-state index contributed by atoms with van der Waals surface area (Å²) >= 11 is 0. The number of carbonyl (C=O) groups excluding carboxylic acids is 1. The molecule has 0 bridgehead atoms. The zero-order chi connectivity index (χ0) is 17.0. The lowest BCUT2D eigenvalue weighted by molar-refractivity contribution is 0.0724. The second kappa shape index (κ2) is 7.66. The topological polar surface area (TPSA) is 63.7 Å². The highest BCUT2D eigenvalue weighted by Gasteiger charge is 2.28. The fraction of sp³-hybridized carbons (Fsp3) is 0.611. The number of sulfone groups is 1. The number of rotatable bonds is 4. The predicted octanol–water partition coefficient (Wildman–Crippen LogP) is 2.41. The van der Waals surface area contributed by atoms with Crippen LogP contribution in [0.25, 0.3) is 0 Å². The molecule has 2 fully saturated rings. The first-order valence-electron chi connectivity index (χ1n) is 8.74. The molecule has 3 rings (SSSR count). The van der Waals surface area contributed by atoms with Crippen LogP contribution in [0.2, 0.25) is 0 Å². The van der Waals surface area contributed by atoms with Crippen molar-refractivity contribution in [2.24, 2.45) is 0 Å². The molecule has 2 saturated heterocycles. The summed E-state index contributed by atoms with van der Waals surface area (Å²) in [6.07, 6.45) is 4.39. The highest BCUT2D eigenvalue weighted by Crippen LogP contribution is 2.21. The molecule has 132 valence electrons. The molecule has 24 heavy (non-hydrogen) atoms. The van der Waals surface area contributed by atoms with Crippen LogP contribution in [0.4, 0.5) is 0 Å². The van der Waals surface area contributed by atoms with Crippen LogP contribution < -0.4 is 0 Å². The van der Waals surface area contributed by atoms with Gasteiger partial charge in [0.05, 0.1) is 11.0 Å². The zero-order valence-electron chi connectivity index (χ0n) is 13.9. The standard InChI is InChI=1S/C18H25NO4S/c20-18(19-9-2-1-3-10-19)16-6-4-5-15(13-16)14-24(21,22)17-7-11-23-12-8-17/h4-6,13,17H,1-3,7-12,14H2. The maximum absolute atomic E-state index is 12.6. The van der Waals surface area contributed by atoms with Crippen LogP contribution in [0.1, 0.15) is 48.0 Å². The Morgan fingerprint density at radius 2 is 1.83 bits per heavy atom. The number of amides is 1. The second-order valence-corrected chi connectivity index (χ2v) is 8.95. The molecule has 0 aromatic heterocycles. The molecule has 1 aromatic carbocycles. The molecule has 5 nitrogen and oxygen atoms in total. The molecule has 0 atom stereocenters. The first kappa shape index (κ1) is 17.4. The summed E-state index contributed by atoms with van der Waals surface area (Å²) < 4.78 is 30.4. The molecule has 0 saturated carbocycles. The summed E-state index contributed by atoms with van der Waals surface area (Å²) in [5, 5.41) is -0.326. The van der Waals surface area contributed by atoms with Crippen molar-refractivity contribution in [3.63, 3.8) is 0 Å². The SMILES string of the molecule is O=C(c1cccc(CS(=O)(=O)C2CCOCC2)c1)N1CCCCC1. The van der Waals surface area contributed by atoms with Crippen molar-refractivity contribution in [2.45, 2.75) is 43.1 Å². The molecule has 0 aliphatic carbocycles. The Kier molecular flexibility index (Phi) is 5.56. The summed E-state index contributed by atoms with van der Waals surface area (Å²) in [6, 6.07) is 7.10. The Morgan fingerprint density at radius 3 is 2.54 bits per heavy atom. The van der Waals surface area contributed by atoms with Crippen LogP contribution in [0.5, 0.6) is 0 Å². The van der Waals surface area contributed by atoms with E-state index in [1.807, 2.05) is 4.90 Å². The second-order valence-electron chi connectivity index (χ2n) is 6.67. The van der Waals surface area contributed by atoms with Crippen LogP contribution in [-0.2, 0) is 20.3 Å². The van der Waals surface area contributed by atoms with E-state index >= 15 is 0 Å². The first-order chi connectivity index (χ1) is 11.6. The van der Waals surface area contributed by atoms with Gasteiger partial charge in [-0.2, -0.15) is 0 Å². The van der Waals surface area contributed by atoms with Gasteiger partial charge in [-0.1, -0.05) is 12.1 Å². The number of likely N-dealkylation sites (tertiary alicyclic amines) is 1. The minimum Gasteiger partial charge on any atom is -0.381 e. The monoisotopic (exact) mass is 351 g/mol. The third-order valence-electron chi connectivity index (χ3n) is 4.86. The van der Waals surface area contributed by atoms with E-state index in [1.165, 1.54) is 6.42 Å². The molecule has 2 aliphatic heterocycles. The molecule has 0 radical (unpaired) electrons. The number of nitrogens with zero attached hydrogens (tertiary/aromatic N) is 1. The van der Waals surface area contributed by atoms with Gasteiger partial charge in [0.25, 0.3) is 5.91 Å². The molecule has 1 amide bonds. The molecule has 2 heterocycles. The van der Waals surface area contributed by atoms with E-state index in [9.17, 15) is 13.2 Å². The number of carbonyl (C=O) groups is 1. The van der Waals surface area contributed by atoms with E-state index in [0.29, 0.717) is 37.2 Å². The molecular formula is C18H25NO4S. The van der Waals surface area contributed by atoms with E-state index in [-0.39, 0.29) is 16.9 Å². The van der Waals surface area contributed by atoms with Crippen LogP contribution in [-0.4, -0.2) is 50.8 Å². The maximum atomic E-state index is 12.6. The molecule has 0 N–H and O–H groups in total. The van der Waals surface area contributed by atoms with Gasteiger partial charge in [0, 0.05) is 31.9 Å². The van der Waals surface area contributed by atoms with Gasteiger partial charge < -0.3 is 9.64 Å². The van der Waals surface area contributed by atoms with Crippen LogP contribution in [0, 0.1) is 0 Å². The third-order valence-corrected chi connectivity index (χ3v) is 7.08. The minimum absolute atomic E-state index is 0.00120. The Balaban J connectivity index is 1.71. The molecular weight excluding hydrogens is 326 g/mol. The normalized spacial score (nSPS) is 20.1. The lowest BCUT2D eigenvalue weighted by atomic mass is 10.1. The number of hydrogen-bond acceptors (Lipinski definition) is 4. The summed E-state index contributed by atoms with van der Waals surface area (Å²) in [7, 11) is -3.21. The summed E-state index contributed by atoms with van der Waals surface area (Å²) in [5.41, 5.74) is 1.29. The van der Waals surface area contributed by atoms with Crippen LogP contribution >= 0.6 is 0 Å². The predicted molar refractivity (Wildman–Crippen MR) is 92.7 cm³/mol. The fourth-order valence-corrected chi connectivity index (χ4v) is 5.25. The van der Waals surface area contributed by atoms with Gasteiger partial charge in [-0.05, 0) is 49.8 Å². The van der Waals surface area contributed by atoms with Gasteiger partial charge in [0.1, 0.15) is 0 Å².